The van der Waals surface area contributed by atoms with E-state index in [9.17, 15) is 4.79 Å². The molecule has 1 aliphatic rings. The molecular weight excluding hydrogens is 392 g/mol. The van der Waals surface area contributed by atoms with Crippen molar-refractivity contribution in [1.29, 1.82) is 0 Å². The van der Waals surface area contributed by atoms with Gasteiger partial charge in [-0.3, -0.25) is 4.79 Å². The molecule has 1 saturated heterocycles. The van der Waals surface area contributed by atoms with Crippen LogP contribution in [0.15, 0.2) is 16.7 Å². The van der Waals surface area contributed by atoms with E-state index < -0.39 is 11.9 Å². The summed E-state index contributed by atoms with van der Waals surface area (Å²) in [6.07, 6.45) is 2.73. The molecule has 30 heavy (non-hydrogen) atoms. The number of aliphatic carboxylic acids is 2. The van der Waals surface area contributed by atoms with Gasteiger partial charge in [-0.25, -0.2) is 9.59 Å². The number of carboxylic acids is 2. The second-order valence-corrected chi connectivity index (χ2v) is 7.15. The fourth-order valence-electron chi connectivity index (χ4n) is 3.38. The van der Waals surface area contributed by atoms with Crippen molar-refractivity contribution in [2.75, 3.05) is 19.6 Å². The van der Waals surface area contributed by atoms with E-state index in [1.54, 1.807) is 0 Å². The van der Waals surface area contributed by atoms with E-state index >= 15 is 0 Å². The van der Waals surface area contributed by atoms with Gasteiger partial charge >= 0.3 is 11.9 Å². The summed E-state index contributed by atoms with van der Waals surface area (Å²) in [6.45, 7) is 9.62. The van der Waals surface area contributed by atoms with Gasteiger partial charge in [-0.15, -0.1) is 0 Å². The first-order valence-corrected chi connectivity index (χ1v) is 9.77. The van der Waals surface area contributed by atoms with Crippen LogP contribution in [-0.2, 0) is 20.9 Å². The Hall–Kier alpha value is -3.14. The monoisotopic (exact) mass is 420 g/mol. The zero-order valence-electron chi connectivity index (χ0n) is 17.5. The molecule has 10 nitrogen and oxygen atoms in total. The topological polar surface area (TPSA) is 138 Å². The van der Waals surface area contributed by atoms with Crippen LogP contribution in [0.2, 0.25) is 0 Å². The van der Waals surface area contributed by atoms with E-state index in [4.69, 9.17) is 24.3 Å². The Morgan fingerprint density at radius 3 is 2.43 bits per heavy atom. The number of amides is 1. The van der Waals surface area contributed by atoms with E-state index in [2.05, 4.69) is 35.0 Å². The van der Waals surface area contributed by atoms with E-state index in [0.29, 0.717) is 5.91 Å². The van der Waals surface area contributed by atoms with Crippen LogP contribution in [0.3, 0.4) is 0 Å². The molecule has 10 heteroatoms. The van der Waals surface area contributed by atoms with Gasteiger partial charge in [-0.1, -0.05) is 5.16 Å². The van der Waals surface area contributed by atoms with Gasteiger partial charge in [0.15, 0.2) is 5.82 Å². The minimum absolute atomic E-state index is 0.307. The lowest BCUT2D eigenvalue weighted by Gasteiger charge is -2.15. The quantitative estimate of drug-likeness (QED) is 0.454. The van der Waals surface area contributed by atoms with Crippen molar-refractivity contribution in [2.24, 2.45) is 0 Å². The summed E-state index contributed by atoms with van der Waals surface area (Å²) >= 11 is 0. The van der Waals surface area contributed by atoms with Crippen molar-refractivity contribution in [1.82, 2.24) is 19.9 Å². The molecule has 1 fully saturated rings. The molecule has 0 aliphatic carbocycles. The lowest BCUT2D eigenvalue weighted by Crippen LogP contribution is -2.28. The number of aryl methyl sites for hydroxylation is 2. The minimum atomic E-state index is -1.82. The zero-order valence-corrected chi connectivity index (χ0v) is 17.5. The number of nitrogens with zero attached hydrogens (tertiary/aromatic N) is 3. The van der Waals surface area contributed by atoms with Gasteiger partial charge in [0.1, 0.15) is 5.76 Å². The average molecular weight is 420 g/mol. The van der Waals surface area contributed by atoms with Crippen LogP contribution in [0.5, 0.6) is 0 Å². The molecule has 1 amide bonds. The van der Waals surface area contributed by atoms with E-state index in [1.165, 1.54) is 11.3 Å². The number of aromatic nitrogens is 2. The van der Waals surface area contributed by atoms with Gasteiger partial charge in [-0.05, 0) is 51.8 Å². The maximum absolute atomic E-state index is 11.6. The van der Waals surface area contributed by atoms with Gasteiger partial charge in [-0.2, -0.15) is 0 Å². The summed E-state index contributed by atoms with van der Waals surface area (Å²) < 4.78 is 7.31. The summed E-state index contributed by atoms with van der Waals surface area (Å²) in [5.74, 6) is -1.69. The summed E-state index contributed by atoms with van der Waals surface area (Å²) in [5.41, 5.74) is 3.61. The van der Waals surface area contributed by atoms with Crippen LogP contribution in [0.4, 0.5) is 0 Å². The highest BCUT2D eigenvalue weighted by atomic mass is 16.5. The van der Waals surface area contributed by atoms with E-state index in [0.717, 1.165) is 62.7 Å². The second-order valence-electron chi connectivity index (χ2n) is 7.15. The van der Waals surface area contributed by atoms with Crippen LogP contribution in [0.25, 0.3) is 5.82 Å². The minimum Gasteiger partial charge on any atom is -0.473 e. The molecular formula is C20H28N4O6. The number of rotatable bonds is 7. The van der Waals surface area contributed by atoms with Crippen molar-refractivity contribution >= 4 is 17.8 Å². The molecule has 0 radical (unpaired) electrons. The molecule has 1 aliphatic heterocycles. The summed E-state index contributed by atoms with van der Waals surface area (Å²) in [6, 6.07) is 4.14. The molecule has 0 spiro atoms. The van der Waals surface area contributed by atoms with Crippen molar-refractivity contribution in [3.8, 4) is 5.82 Å². The SMILES string of the molecule is Cc1cc(-n2c(C)cc(CNCCCN3CCCC3=O)c2C)no1.O=C(O)C(=O)O. The number of hydrogen-bond donors (Lipinski definition) is 3. The highest BCUT2D eigenvalue weighted by molar-refractivity contribution is 6.27. The standard InChI is InChI=1S/C18H26N4O2.C2H2O4/c1-13-10-16(15(3)22(13)17-11-14(2)24-20-17)12-19-7-5-9-21-8-4-6-18(21)23;3-1(4)2(5)6/h10-11,19H,4-9,12H2,1-3H3;(H,3,4)(H,5,6). The Morgan fingerprint density at radius 1 is 1.20 bits per heavy atom. The highest BCUT2D eigenvalue weighted by Gasteiger charge is 2.19. The number of likely N-dealkylation sites (tertiary alicyclic amines) is 1. The maximum atomic E-state index is 11.6. The molecule has 0 bridgehead atoms. The van der Waals surface area contributed by atoms with Gasteiger partial charge in [0.05, 0.1) is 0 Å². The number of hydrogen-bond acceptors (Lipinski definition) is 6. The fraction of sp³-hybridized carbons (Fsp3) is 0.500. The molecule has 3 N–H and O–H groups in total. The largest absolute Gasteiger partial charge is 0.473 e. The summed E-state index contributed by atoms with van der Waals surface area (Å²) in [4.78, 5) is 31.7. The van der Waals surface area contributed by atoms with Crippen LogP contribution in [0.1, 0.15) is 42.0 Å². The van der Waals surface area contributed by atoms with E-state index in [-0.39, 0.29) is 0 Å². The first-order chi connectivity index (χ1) is 14.2. The first kappa shape index (κ1) is 23.1. The van der Waals surface area contributed by atoms with Crippen LogP contribution in [0, 0.1) is 20.8 Å². The summed E-state index contributed by atoms with van der Waals surface area (Å²) in [5, 5.41) is 22.4. The highest BCUT2D eigenvalue weighted by Crippen LogP contribution is 2.20. The predicted molar refractivity (Wildman–Crippen MR) is 107 cm³/mol. The predicted octanol–water partition coefficient (Wildman–Crippen LogP) is 1.65. The summed E-state index contributed by atoms with van der Waals surface area (Å²) in [7, 11) is 0. The average Bonchev–Trinajstić information content (AvgIpc) is 3.35. The first-order valence-electron chi connectivity index (χ1n) is 9.77. The van der Waals surface area contributed by atoms with E-state index in [1.807, 2.05) is 17.9 Å². The second kappa shape index (κ2) is 10.6. The zero-order chi connectivity index (χ0) is 22.3. The van der Waals surface area contributed by atoms with Crippen LogP contribution >= 0.6 is 0 Å². The molecule has 2 aromatic heterocycles. The van der Waals surface area contributed by atoms with Gasteiger partial charge in [0, 0.05) is 43.5 Å². The molecule has 3 heterocycles. The number of nitrogens with one attached hydrogen (secondary N) is 1. The molecule has 2 aromatic rings. The van der Waals surface area contributed by atoms with Crippen LogP contribution < -0.4 is 5.32 Å². The number of carbonyl (C=O) groups is 3. The third-order valence-corrected chi connectivity index (χ3v) is 4.83. The Bertz CT molecular complexity index is 889. The Morgan fingerprint density at radius 2 is 1.90 bits per heavy atom. The fourth-order valence-corrected chi connectivity index (χ4v) is 3.38. The third kappa shape index (κ3) is 6.18. The molecule has 0 unspecified atom stereocenters. The lowest BCUT2D eigenvalue weighted by molar-refractivity contribution is -0.159. The lowest BCUT2D eigenvalue weighted by atomic mass is 10.2. The Kier molecular flexibility index (Phi) is 8.16. The van der Waals surface area contributed by atoms with Crippen molar-refractivity contribution in [3.05, 3.63) is 34.8 Å². The Labute approximate surface area is 174 Å². The smallest absolute Gasteiger partial charge is 0.414 e. The van der Waals surface area contributed by atoms with Crippen LogP contribution in [-0.4, -0.2) is 62.3 Å². The van der Waals surface area contributed by atoms with Gasteiger partial charge < -0.3 is 29.5 Å². The number of carbonyl (C=O) groups excluding carboxylic acids is 1. The van der Waals surface area contributed by atoms with Gasteiger partial charge in [0.25, 0.3) is 0 Å². The molecule has 0 saturated carbocycles. The molecule has 0 atom stereocenters. The molecule has 164 valence electrons. The van der Waals surface area contributed by atoms with Crippen molar-refractivity contribution in [2.45, 2.75) is 46.6 Å². The third-order valence-electron chi connectivity index (χ3n) is 4.83. The maximum Gasteiger partial charge on any atom is 0.414 e. The van der Waals surface area contributed by atoms with Crippen molar-refractivity contribution < 1.29 is 29.1 Å². The molecule has 0 aromatic carbocycles. The van der Waals surface area contributed by atoms with Gasteiger partial charge in [0.2, 0.25) is 5.91 Å². The molecule has 3 rings (SSSR count). The number of carboxylic acid groups (broad SMARTS) is 2. The Balaban J connectivity index is 0.000000469. The van der Waals surface area contributed by atoms with Crippen molar-refractivity contribution in [3.63, 3.8) is 0 Å². The normalized spacial score (nSPS) is 13.3.